The normalized spacial score (nSPS) is 14.5. The number of rotatable bonds is 79. The van der Waals surface area contributed by atoms with Crippen LogP contribution < -0.4 is 0 Å². The number of carbonyl (C=O) groups is 4. The SMILES string of the molecule is CCCCCCCCCCCCCCCCCCCC(=O)OC[C@H](COP(=O)(O)OC[C@@H](O)COP(=O)(O)OC[C@@H](COC(=O)CCCCCCCCCCC(C)CC)OC(=O)CCCCCCCCCCC(C)CC)OC(=O)CCCCCCCCCCCCCCCCCCC(C)C. The molecule has 594 valence electrons. The van der Waals surface area contributed by atoms with E-state index < -0.39 is 97.5 Å². The van der Waals surface area contributed by atoms with Crippen LogP contribution >= 0.6 is 15.6 Å². The second-order valence-corrected chi connectivity index (χ2v) is 33.0. The highest BCUT2D eigenvalue weighted by molar-refractivity contribution is 7.47. The molecule has 0 bridgehead atoms. The number of ether oxygens (including phenoxy) is 4. The molecule has 0 saturated carbocycles. The van der Waals surface area contributed by atoms with Crippen molar-refractivity contribution in [1.82, 2.24) is 0 Å². The predicted octanol–water partition coefficient (Wildman–Crippen LogP) is 24.1. The van der Waals surface area contributed by atoms with Gasteiger partial charge in [0, 0.05) is 25.7 Å². The Bertz CT molecular complexity index is 1940. The lowest BCUT2D eigenvalue weighted by atomic mass is 9.99. The monoisotopic (exact) mass is 1470 g/mol. The Labute approximate surface area is 613 Å². The van der Waals surface area contributed by atoms with E-state index in [1.165, 1.54) is 231 Å². The summed E-state index contributed by atoms with van der Waals surface area (Å²) in [5, 5.41) is 10.6. The highest BCUT2D eigenvalue weighted by Crippen LogP contribution is 2.45. The van der Waals surface area contributed by atoms with Gasteiger partial charge in [0.1, 0.15) is 19.3 Å². The van der Waals surface area contributed by atoms with E-state index in [-0.39, 0.29) is 25.7 Å². The number of hydrogen-bond donors (Lipinski definition) is 3. The van der Waals surface area contributed by atoms with Gasteiger partial charge in [0.2, 0.25) is 0 Å². The second-order valence-electron chi connectivity index (χ2n) is 30.1. The van der Waals surface area contributed by atoms with Crippen molar-refractivity contribution in [3.8, 4) is 0 Å². The number of hydrogen-bond acceptors (Lipinski definition) is 15. The fraction of sp³-hybridized carbons (Fsp3) is 0.951. The summed E-state index contributed by atoms with van der Waals surface area (Å²) in [6.07, 6.45) is 59.6. The summed E-state index contributed by atoms with van der Waals surface area (Å²) in [6.45, 7) is 12.0. The molecule has 7 atom stereocenters. The number of phosphoric acid groups is 2. The Morgan fingerprint density at radius 3 is 0.760 bits per heavy atom. The van der Waals surface area contributed by atoms with Crippen LogP contribution in [0, 0.1) is 17.8 Å². The van der Waals surface area contributed by atoms with Crippen LogP contribution in [-0.2, 0) is 65.4 Å². The summed E-state index contributed by atoms with van der Waals surface area (Å²) in [6, 6.07) is 0. The molecular weight excluding hydrogens is 1310 g/mol. The minimum absolute atomic E-state index is 0.105. The third kappa shape index (κ3) is 71.7. The minimum Gasteiger partial charge on any atom is -0.462 e. The van der Waals surface area contributed by atoms with Gasteiger partial charge in [-0.15, -0.1) is 0 Å². The fourth-order valence-corrected chi connectivity index (χ4v) is 14.0. The lowest BCUT2D eigenvalue weighted by Gasteiger charge is -2.21. The number of aliphatic hydroxyl groups excluding tert-OH is 1. The molecule has 0 aromatic rings. The molecule has 0 saturated heterocycles. The molecule has 0 fully saturated rings. The van der Waals surface area contributed by atoms with E-state index in [1.54, 1.807) is 0 Å². The first kappa shape index (κ1) is 98.1. The molecule has 19 heteroatoms. The Morgan fingerprint density at radius 1 is 0.290 bits per heavy atom. The van der Waals surface area contributed by atoms with E-state index in [2.05, 4.69) is 48.5 Å². The van der Waals surface area contributed by atoms with Crippen molar-refractivity contribution in [1.29, 1.82) is 0 Å². The number of aliphatic hydroxyl groups is 1. The molecule has 0 radical (unpaired) electrons. The Hall–Kier alpha value is -1.94. The van der Waals surface area contributed by atoms with Crippen LogP contribution in [-0.4, -0.2) is 96.7 Å². The molecule has 0 spiro atoms. The van der Waals surface area contributed by atoms with Crippen LogP contribution in [0.5, 0.6) is 0 Å². The minimum atomic E-state index is -4.96. The van der Waals surface area contributed by atoms with Gasteiger partial charge < -0.3 is 33.8 Å². The third-order valence-corrected chi connectivity index (χ3v) is 21.5. The zero-order chi connectivity index (χ0) is 73.7. The Morgan fingerprint density at radius 2 is 0.510 bits per heavy atom. The summed E-state index contributed by atoms with van der Waals surface area (Å²) in [5.41, 5.74) is 0. The summed E-state index contributed by atoms with van der Waals surface area (Å²) >= 11 is 0. The standard InChI is InChI=1S/C81H158O17P2/c1-8-11-12-13-14-15-16-17-18-19-23-26-29-32-41-48-55-62-78(83)91-68-76(97-80(85)64-57-50-43-33-30-27-24-21-20-22-25-28-31-38-45-52-59-72(4)5)70-95-99(87,88)93-66-75(82)67-94-100(89,90)96-71-77(98-81(86)65-58-51-44-37-35-40-47-54-61-74(7)10-3)69-92-79(84)63-56-49-42-36-34-39-46-53-60-73(6)9-2/h72-77,82H,8-71H2,1-7H3,(H,87,88)(H,89,90)/t73?,74?,75-,76-,77-/m1/s1. The van der Waals surface area contributed by atoms with Crippen molar-refractivity contribution in [2.45, 2.75) is 439 Å². The third-order valence-electron chi connectivity index (χ3n) is 19.6. The van der Waals surface area contributed by atoms with Crippen molar-refractivity contribution in [3.63, 3.8) is 0 Å². The topological polar surface area (TPSA) is 237 Å². The molecule has 0 aliphatic carbocycles. The van der Waals surface area contributed by atoms with E-state index in [0.29, 0.717) is 25.7 Å². The Balaban J connectivity index is 5.26. The maximum absolute atomic E-state index is 13.1. The first-order valence-corrected chi connectivity index (χ1v) is 44.9. The average molecular weight is 1470 g/mol. The summed E-state index contributed by atoms with van der Waals surface area (Å²) in [7, 11) is -9.92. The molecule has 100 heavy (non-hydrogen) atoms. The number of esters is 4. The van der Waals surface area contributed by atoms with Crippen LogP contribution in [0.25, 0.3) is 0 Å². The molecule has 3 N–H and O–H groups in total. The molecule has 0 aromatic heterocycles. The molecule has 0 amide bonds. The van der Waals surface area contributed by atoms with Gasteiger partial charge in [0.15, 0.2) is 12.2 Å². The molecule has 0 heterocycles. The maximum Gasteiger partial charge on any atom is 0.472 e. The summed E-state index contributed by atoms with van der Waals surface area (Å²) in [4.78, 5) is 73.0. The zero-order valence-electron chi connectivity index (χ0n) is 65.7. The smallest absolute Gasteiger partial charge is 0.462 e. The largest absolute Gasteiger partial charge is 0.472 e. The van der Waals surface area contributed by atoms with E-state index in [0.717, 1.165) is 108 Å². The van der Waals surface area contributed by atoms with E-state index in [4.69, 9.17) is 37.0 Å². The highest BCUT2D eigenvalue weighted by atomic mass is 31.2. The fourth-order valence-electron chi connectivity index (χ4n) is 12.4. The van der Waals surface area contributed by atoms with Crippen LogP contribution in [0.3, 0.4) is 0 Å². The van der Waals surface area contributed by atoms with Gasteiger partial charge in [-0.1, -0.05) is 370 Å². The molecule has 0 rings (SSSR count). The van der Waals surface area contributed by atoms with Gasteiger partial charge in [0.25, 0.3) is 0 Å². The van der Waals surface area contributed by atoms with E-state index >= 15 is 0 Å². The molecule has 17 nitrogen and oxygen atoms in total. The van der Waals surface area contributed by atoms with Crippen molar-refractivity contribution >= 4 is 39.5 Å². The molecular formula is C81H158O17P2. The number of carbonyl (C=O) groups excluding carboxylic acids is 4. The first-order valence-electron chi connectivity index (χ1n) is 41.9. The quantitative estimate of drug-likeness (QED) is 0.0222. The van der Waals surface area contributed by atoms with Crippen LogP contribution in [0.2, 0.25) is 0 Å². The number of phosphoric ester groups is 2. The number of unbranched alkanes of at least 4 members (excludes halogenated alkanes) is 45. The lowest BCUT2D eigenvalue weighted by molar-refractivity contribution is -0.161. The Kier molecular flexibility index (Phi) is 69.9. The molecule has 0 aromatic carbocycles. The summed E-state index contributed by atoms with van der Waals surface area (Å²) in [5.74, 6) is 0.244. The van der Waals surface area contributed by atoms with Crippen molar-refractivity contribution in [2.24, 2.45) is 17.8 Å². The molecule has 0 aliphatic rings. The van der Waals surface area contributed by atoms with Crippen LogP contribution in [0.4, 0.5) is 0 Å². The average Bonchev–Trinajstić information content (AvgIpc) is 0.916. The van der Waals surface area contributed by atoms with Crippen molar-refractivity contribution < 1.29 is 80.2 Å². The summed E-state index contributed by atoms with van der Waals surface area (Å²) < 4.78 is 68.7. The molecule has 4 unspecified atom stereocenters. The van der Waals surface area contributed by atoms with Crippen LogP contribution in [0.1, 0.15) is 421 Å². The van der Waals surface area contributed by atoms with Gasteiger partial charge in [-0.25, -0.2) is 9.13 Å². The first-order chi connectivity index (χ1) is 48.3. The van der Waals surface area contributed by atoms with Gasteiger partial charge in [-0.2, -0.15) is 0 Å². The van der Waals surface area contributed by atoms with Crippen LogP contribution in [0.15, 0.2) is 0 Å². The van der Waals surface area contributed by atoms with Crippen molar-refractivity contribution in [2.75, 3.05) is 39.6 Å². The predicted molar refractivity (Wildman–Crippen MR) is 409 cm³/mol. The maximum atomic E-state index is 13.1. The van der Waals surface area contributed by atoms with E-state index in [1.807, 2.05) is 0 Å². The van der Waals surface area contributed by atoms with Gasteiger partial charge >= 0.3 is 39.5 Å². The van der Waals surface area contributed by atoms with E-state index in [9.17, 15) is 43.2 Å². The second kappa shape index (κ2) is 71.3. The van der Waals surface area contributed by atoms with Gasteiger partial charge in [0.05, 0.1) is 26.4 Å². The molecule has 0 aliphatic heterocycles. The lowest BCUT2D eigenvalue weighted by Crippen LogP contribution is -2.30. The van der Waals surface area contributed by atoms with Gasteiger partial charge in [-0.05, 0) is 43.4 Å². The van der Waals surface area contributed by atoms with Gasteiger partial charge in [-0.3, -0.25) is 37.3 Å². The van der Waals surface area contributed by atoms with Crippen molar-refractivity contribution in [3.05, 3.63) is 0 Å². The highest BCUT2D eigenvalue weighted by Gasteiger charge is 2.30. The zero-order valence-corrected chi connectivity index (χ0v) is 67.5.